The van der Waals surface area contributed by atoms with Gasteiger partial charge in [-0.2, -0.15) is 26.3 Å². The number of alkyl halides is 7. The molecule has 0 bridgehead atoms. The van der Waals surface area contributed by atoms with E-state index in [-0.39, 0.29) is 0 Å². The molecule has 0 aromatic rings. The molecule has 0 aromatic carbocycles. The Morgan fingerprint density at radius 1 is 0.615 bits per heavy atom. The van der Waals surface area contributed by atoms with Crippen LogP contribution in [0.15, 0.2) is 0 Å². The average molecular weight is 214 g/mol. The lowest BCUT2D eigenvalue weighted by Crippen LogP contribution is -2.50. The summed E-state index contributed by atoms with van der Waals surface area (Å²) < 4.78 is 79.3. The Morgan fingerprint density at radius 2 is 0.769 bits per heavy atom. The highest BCUT2D eigenvalue weighted by Gasteiger charge is 2.69. The van der Waals surface area contributed by atoms with Gasteiger partial charge >= 0.3 is 12.4 Å². The van der Waals surface area contributed by atoms with E-state index in [1.807, 2.05) is 13.8 Å². The van der Waals surface area contributed by atoms with Crippen molar-refractivity contribution in [3.8, 4) is 0 Å². The van der Waals surface area contributed by atoms with Gasteiger partial charge in [-0.25, -0.2) is 4.39 Å². The number of rotatable bonds is 0. The van der Waals surface area contributed by atoms with E-state index in [9.17, 15) is 30.7 Å². The van der Waals surface area contributed by atoms with E-state index >= 15 is 0 Å². The number of hydrogen-bond acceptors (Lipinski definition) is 0. The lowest BCUT2D eigenvalue weighted by molar-refractivity contribution is -0.334. The fraction of sp³-hybridized carbons (Fsp3) is 1.00. The first-order valence-electron chi connectivity index (χ1n) is 3.32. The second-order valence-electron chi connectivity index (χ2n) is 2.00. The summed E-state index contributed by atoms with van der Waals surface area (Å²) in [6.07, 6.45) is -11.8. The molecule has 0 nitrogen and oxygen atoms in total. The molecule has 0 amide bonds. The second kappa shape index (κ2) is 4.15. The monoisotopic (exact) mass is 214 g/mol. The maximum atomic E-state index is 11.9. The quantitative estimate of drug-likeness (QED) is 0.537. The summed E-state index contributed by atoms with van der Waals surface area (Å²) in [5.74, 6) is 0. The van der Waals surface area contributed by atoms with E-state index in [2.05, 4.69) is 0 Å². The Bertz CT molecular complexity index is 124. The molecule has 0 spiro atoms. The Labute approximate surface area is 70.7 Å². The zero-order chi connectivity index (χ0) is 11.5. The summed E-state index contributed by atoms with van der Waals surface area (Å²) in [7, 11) is 0. The molecular weight excluding hydrogens is 205 g/mol. The third-order valence-corrected chi connectivity index (χ3v) is 1.06. The zero-order valence-electron chi connectivity index (χ0n) is 7.15. The van der Waals surface area contributed by atoms with E-state index in [1.54, 1.807) is 0 Å². The molecule has 0 saturated heterocycles. The van der Waals surface area contributed by atoms with Gasteiger partial charge in [0.05, 0.1) is 0 Å². The summed E-state index contributed by atoms with van der Waals surface area (Å²) in [6, 6.07) is 0. The second-order valence-corrected chi connectivity index (χ2v) is 2.00. The Hall–Kier alpha value is -0.490. The van der Waals surface area contributed by atoms with Crippen LogP contribution < -0.4 is 0 Å². The molecule has 0 aliphatic rings. The van der Waals surface area contributed by atoms with Crippen molar-refractivity contribution in [3.05, 3.63) is 0 Å². The molecule has 0 saturated carbocycles. The predicted molar refractivity (Wildman–Crippen MR) is 33.0 cm³/mol. The maximum Gasteiger partial charge on any atom is 0.431 e. The highest BCUT2D eigenvalue weighted by molar-refractivity contribution is 4.89. The molecule has 82 valence electrons. The normalized spacial score (nSPS) is 13.4. The van der Waals surface area contributed by atoms with E-state index in [0.29, 0.717) is 0 Å². The van der Waals surface area contributed by atoms with Crippen LogP contribution in [0.25, 0.3) is 0 Å². The van der Waals surface area contributed by atoms with Crippen LogP contribution in [0.1, 0.15) is 20.8 Å². The third kappa shape index (κ3) is 3.40. The van der Waals surface area contributed by atoms with Gasteiger partial charge in [-0.3, -0.25) is 0 Å². The molecule has 0 aliphatic carbocycles. The smallest absolute Gasteiger partial charge is 0.224 e. The standard InChI is InChI=1S/C4H3F7.C2H6/c1-2(5,3(6,7)8)4(9,10)11;1-2/h1H3;1-2H3. The molecule has 0 heterocycles. The molecule has 0 N–H and O–H groups in total. The van der Waals surface area contributed by atoms with Gasteiger partial charge in [0.15, 0.2) is 0 Å². The number of halogens is 7. The van der Waals surface area contributed by atoms with Crippen LogP contribution in [-0.4, -0.2) is 18.0 Å². The molecule has 7 heteroatoms. The topological polar surface area (TPSA) is 0 Å². The van der Waals surface area contributed by atoms with Gasteiger partial charge in [0.2, 0.25) is 0 Å². The first-order valence-corrected chi connectivity index (χ1v) is 3.32. The minimum atomic E-state index is -5.91. The Kier molecular flexibility index (Phi) is 4.79. The first-order chi connectivity index (χ1) is 5.50. The highest BCUT2D eigenvalue weighted by atomic mass is 19.4. The van der Waals surface area contributed by atoms with Crippen molar-refractivity contribution in [1.82, 2.24) is 0 Å². The van der Waals surface area contributed by atoms with E-state index in [4.69, 9.17) is 0 Å². The third-order valence-electron chi connectivity index (χ3n) is 1.06. The molecular formula is C6H9F7. The average Bonchev–Trinajstić information content (AvgIpc) is 1.87. The van der Waals surface area contributed by atoms with Crippen molar-refractivity contribution in [1.29, 1.82) is 0 Å². The van der Waals surface area contributed by atoms with Gasteiger partial charge in [0.25, 0.3) is 5.67 Å². The van der Waals surface area contributed by atoms with Gasteiger partial charge in [0, 0.05) is 0 Å². The molecule has 0 fully saturated rings. The van der Waals surface area contributed by atoms with Crippen LogP contribution in [0.3, 0.4) is 0 Å². The van der Waals surface area contributed by atoms with Gasteiger partial charge in [-0.05, 0) is 6.92 Å². The summed E-state index contributed by atoms with van der Waals surface area (Å²) >= 11 is 0. The minimum Gasteiger partial charge on any atom is -0.224 e. The van der Waals surface area contributed by atoms with Crippen LogP contribution in [0, 0.1) is 0 Å². The number of hydrogen-bond donors (Lipinski definition) is 0. The first kappa shape index (κ1) is 15.0. The molecule has 0 unspecified atom stereocenters. The largest absolute Gasteiger partial charge is 0.431 e. The van der Waals surface area contributed by atoms with Crippen molar-refractivity contribution in [2.75, 3.05) is 0 Å². The van der Waals surface area contributed by atoms with Gasteiger partial charge < -0.3 is 0 Å². The highest BCUT2D eigenvalue weighted by Crippen LogP contribution is 2.45. The maximum absolute atomic E-state index is 11.9. The molecule has 0 atom stereocenters. The van der Waals surface area contributed by atoms with Gasteiger partial charge in [-0.1, -0.05) is 13.8 Å². The lowest BCUT2D eigenvalue weighted by Gasteiger charge is -2.25. The fourth-order valence-corrected chi connectivity index (χ4v) is 0.161. The lowest BCUT2D eigenvalue weighted by atomic mass is 10.1. The van der Waals surface area contributed by atoms with Crippen molar-refractivity contribution < 1.29 is 30.7 Å². The summed E-state index contributed by atoms with van der Waals surface area (Å²) in [5, 5.41) is 0. The van der Waals surface area contributed by atoms with E-state index in [1.165, 1.54) is 0 Å². The van der Waals surface area contributed by atoms with Crippen LogP contribution in [-0.2, 0) is 0 Å². The summed E-state index contributed by atoms with van der Waals surface area (Å²) in [6.45, 7) is 3.44. The molecule has 0 aromatic heterocycles. The van der Waals surface area contributed by atoms with E-state index < -0.39 is 24.9 Å². The van der Waals surface area contributed by atoms with Crippen LogP contribution in [0.2, 0.25) is 0 Å². The molecule has 13 heavy (non-hydrogen) atoms. The van der Waals surface area contributed by atoms with Crippen LogP contribution in [0.4, 0.5) is 30.7 Å². The van der Waals surface area contributed by atoms with Gasteiger partial charge in [0.1, 0.15) is 0 Å². The minimum absolute atomic E-state index is 0.562. The van der Waals surface area contributed by atoms with Crippen LogP contribution >= 0.6 is 0 Å². The molecule has 0 aliphatic heterocycles. The summed E-state index contributed by atoms with van der Waals surface area (Å²) in [4.78, 5) is 0. The predicted octanol–water partition coefficient (Wildman–Crippen LogP) is 3.87. The van der Waals surface area contributed by atoms with Crippen molar-refractivity contribution in [3.63, 3.8) is 0 Å². The zero-order valence-corrected chi connectivity index (χ0v) is 7.15. The van der Waals surface area contributed by atoms with Gasteiger partial charge in [-0.15, -0.1) is 0 Å². The SMILES string of the molecule is CC.CC(F)(C(F)(F)F)C(F)(F)F. The molecule has 0 rings (SSSR count). The summed E-state index contributed by atoms with van der Waals surface area (Å²) in [5.41, 5.74) is -5.12. The molecule has 0 radical (unpaired) electrons. The van der Waals surface area contributed by atoms with Crippen LogP contribution in [0.5, 0.6) is 0 Å². The van der Waals surface area contributed by atoms with E-state index in [0.717, 1.165) is 0 Å². The Morgan fingerprint density at radius 3 is 0.769 bits per heavy atom. The van der Waals surface area contributed by atoms with Crippen molar-refractivity contribution in [2.45, 2.75) is 38.8 Å². The van der Waals surface area contributed by atoms with Crippen molar-refractivity contribution >= 4 is 0 Å². The fourth-order valence-electron chi connectivity index (χ4n) is 0.161. The van der Waals surface area contributed by atoms with Crippen molar-refractivity contribution in [2.24, 2.45) is 0 Å². The Balaban J connectivity index is 0.